The summed E-state index contributed by atoms with van der Waals surface area (Å²) in [6.07, 6.45) is 69.2. The number of nitrogens with one attached hydrogen (secondary N) is 1. The lowest BCUT2D eigenvalue weighted by molar-refractivity contribution is -0.137. The highest BCUT2D eigenvalue weighted by Gasteiger charge is 2.00. The van der Waals surface area contributed by atoms with Gasteiger partial charge < -0.3 is 10.4 Å². The minimum absolute atomic E-state index is 0.328. The van der Waals surface area contributed by atoms with Crippen LogP contribution in [0.15, 0.2) is 0 Å². The summed E-state index contributed by atoms with van der Waals surface area (Å²) < 4.78 is 0. The zero-order valence-corrected chi connectivity index (χ0v) is 41.7. The van der Waals surface area contributed by atoms with Crippen LogP contribution in [0.2, 0.25) is 12.6 Å². The van der Waals surface area contributed by atoms with Crippen LogP contribution < -0.4 is 5.32 Å². The van der Waals surface area contributed by atoms with Crippen molar-refractivity contribution in [1.29, 1.82) is 0 Å². The molecule has 0 saturated carbocycles. The topological polar surface area (TPSA) is 49.3 Å². The molecule has 0 bridgehead atoms. The number of carboxylic acids is 1. The van der Waals surface area contributed by atoms with Gasteiger partial charge in [-0.3, -0.25) is 4.79 Å². The molecule has 3 nitrogen and oxygen atoms in total. The van der Waals surface area contributed by atoms with Crippen molar-refractivity contribution in [1.82, 2.24) is 5.32 Å². The maximum Gasteiger partial charge on any atom is 0.303 e. The Kier molecular flexibility index (Phi) is 54.3. The predicted octanol–water partition coefficient (Wildman–Crippen LogP) is 18.4. The molecule has 0 heterocycles. The standard InChI is InChI=1S/C54H111NO2Si/c1-58-53-49-45-41-37-32-30-28-26-24-22-20-18-16-14-12-10-8-6-4-2-3-5-7-9-11-13-15-17-19-21-23-25-27-29-31-35-39-43-47-51-55-52-48-44-40-36-33-34-38-42-46-50-54(56)57/h55H,2-53,58H2,1H3,(H,56,57). The number of aliphatic carboxylic acids is 1. The lowest BCUT2D eigenvalue weighted by Gasteiger charge is -2.06. The fraction of sp³-hybridized carbons (Fsp3) is 0.981. The molecule has 0 aromatic heterocycles. The van der Waals surface area contributed by atoms with Gasteiger partial charge in [0.15, 0.2) is 0 Å². The van der Waals surface area contributed by atoms with E-state index in [0.717, 1.165) is 12.8 Å². The third-order valence-electron chi connectivity index (χ3n) is 13.2. The first kappa shape index (κ1) is 57.6. The molecule has 0 aromatic rings. The lowest BCUT2D eigenvalue weighted by atomic mass is 10.0. The number of carboxylic acid groups (broad SMARTS) is 1. The van der Waals surface area contributed by atoms with Gasteiger partial charge in [-0.2, -0.15) is 0 Å². The zero-order valence-electron chi connectivity index (χ0n) is 40.3. The molecule has 0 aliphatic carbocycles. The van der Waals surface area contributed by atoms with E-state index >= 15 is 0 Å². The average Bonchev–Trinajstić information content (AvgIpc) is 3.22. The Labute approximate surface area is 369 Å². The van der Waals surface area contributed by atoms with Crippen LogP contribution in [0.5, 0.6) is 0 Å². The first-order chi connectivity index (χ1) is 28.8. The molecule has 348 valence electrons. The van der Waals surface area contributed by atoms with Gasteiger partial charge >= 0.3 is 5.97 Å². The van der Waals surface area contributed by atoms with Gasteiger partial charge in [-0.05, 0) is 32.4 Å². The van der Waals surface area contributed by atoms with Gasteiger partial charge in [0.25, 0.3) is 0 Å². The Morgan fingerprint density at radius 1 is 0.293 bits per heavy atom. The Hall–Kier alpha value is -0.353. The van der Waals surface area contributed by atoms with E-state index in [4.69, 9.17) is 5.11 Å². The van der Waals surface area contributed by atoms with Gasteiger partial charge in [-0.25, -0.2) is 0 Å². The Morgan fingerprint density at radius 3 is 0.655 bits per heavy atom. The summed E-state index contributed by atoms with van der Waals surface area (Å²) in [6.45, 7) is 4.84. The van der Waals surface area contributed by atoms with Gasteiger partial charge in [0.2, 0.25) is 0 Å². The molecule has 0 aliphatic heterocycles. The quantitative estimate of drug-likeness (QED) is 0.0474. The average molecular weight is 835 g/mol. The van der Waals surface area contributed by atoms with Crippen LogP contribution in [-0.2, 0) is 4.79 Å². The van der Waals surface area contributed by atoms with Gasteiger partial charge in [-0.15, -0.1) is 0 Å². The number of rotatable bonds is 54. The molecule has 0 saturated heterocycles. The van der Waals surface area contributed by atoms with Crippen molar-refractivity contribution in [3.8, 4) is 0 Å². The maximum atomic E-state index is 10.5. The second kappa shape index (κ2) is 54.7. The van der Waals surface area contributed by atoms with Crippen molar-refractivity contribution < 1.29 is 9.90 Å². The van der Waals surface area contributed by atoms with Gasteiger partial charge in [0.05, 0.1) is 0 Å². The predicted molar refractivity (Wildman–Crippen MR) is 266 cm³/mol. The summed E-state index contributed by atoms with van der Waals surface area (Å²) in [5.41, 5.74) is 0. The fourth-order valence-corrected chi connectivity index (χ4v) is 9.96. The molecular formula is C54H111NO2Si. The molecule has 2 N–H and O–H groups in total. The van der Waals surface area contributed by atoms with Crippen LogP contribution in [-0.4, -0.2) is 33.7 Å². The lowest BCUT2D eigenvalue weighted by Crippen LogP contribution is -2.16. The second-order valence-corrected chi connectivity index (χ2v) is 20.9. The smallest absolute Gasteiger partial charge is 0.303 e. The molecule has 0 rings (SSSR count). The van der Waals surface area contributed by atoms with Crippen LogP contribution in [0.4, 0.5) is 0 Å². The van der Waals surface area contributed by atoms with E-state index in [0.29, 0.717) is 15.9 Å². The summed E-state index contributed by atoms with van der Waals surface area (Å²) in [4.78, 5) is 10.5. The largest absolute Gasteiger partial charge is 0.481 e. The van der Waals surface area contributed by atoms with E-state index in [1.165, 1.54) is 308 Å². The zero-order chi connectivity index (χ0) is 41.8. The molecule has 0 fully saturated rings. The summed E-state index contributed by atoms with van der Waals surface area (Å²) in [6, 6.07) is 1.58. The third-order valence-corrected chi connectivity index (χ3v) is 14.4. The summed E-state index contributed by atoms with van der Waals surface area (Å²) in [5.74, 6) is -0.651. The molecule has 0 amide bonds. The molecule has 4 heteroatoms. The number of carbonyl (C=O) groups is 1. The van der Waals surface area contributed by atoms with Gasteiger partial charge in [0, 0.05) is 15.9 Å². The maximum absolute atomic E-state index is 10.5. The molecule has 0 spiro atoms. The van der Waals surface area contributed by atoms with Gasteiger partial charge in [-0.1, -0.05) is 302 Å². The number of hydrogen-bond donors (Lipinski definition) is 2. The van der Waals surface area contributed by atoms with Crippen molar-refractivity contribution in [2.24, 2.45) is 0 Å². The van der Waals surface area contributed by atoms with Crippen LogP contribution in [0, 0.1) is 0 Å². The summed E-state index contributed by atoms with van der Waals surface area (Å²) in [5, 5.41) is 12.3. The second-order valence-electron chi connectivity index (χ2n) is 19.2. The Morgan fingerprint density at radius 2 is 0.466 bits per heavy atom. The number of hydrogen-bond acceptors (Lipinski definition) is 2. The van der Waals surface area contributed by atoms with Crippen LogP contribution in [0.1, 0.15) is 315 Å². The molecule has 0 atom stereocenters. The monoisotopic (exact) mass is 834 g/mol. The highest BCUT2D eigenvalue weighted by molar-refractivity contribution is 6.33. The van der Waals surface area contributed by atoms with Crippen molar-refractivity contribution in [3.63, 3.8) is 0 Å². The Balaban J connectivity index is 3.06. The van der Waals surface area contributed by atoms with E-state index in [1.54, 1.807) is 6.04 Å². The first-order valence-corrected chi connectivity index (χ1v) is 30.1. The summed E-state index contributed by atoms with van der Waals surface area (Å²) >= 11 is 0. The van der Waals surface area contributed by atoms with E-state index in [-0.39, 0.29) is 0 Å². The molecule has 0 unspecified atom stereocenters. The summed E-state index contributed by atoms with van der Waals surface area (Å²) in [7, 11) is 0.328. The van der Waals surface area contributed by atoms with Gasteiger partial charge in [0.1, 0.15) is 0 Å². The van der Waals surface area contributed by atoms with E-state index in [2.05, 4.69) is 11.9 Å². The van der Waals surface area contributed by atoms with Crippen LogP contribution in [0.3, 0.4) is 0 Å². The Bertz CT molecular complexity index is 732. The minimum atomic E-state index is -0.651. The van der Waals surface area contributed by atoms with Crippen LogP contribution in [0.25, 0.3) is 0 Å². The number of unbranched alkanes of at least 4 members (excludes halogenated alkanes) is 46. The highest BCUT2D eigenvalue weighted by Crippen LogP contribution is 2.18. The van der Waals surface area contributed by atoms with E-state index in [1.807, 2.05) is 0 Å². The normalized spacial score (nSPS) is 11.8. The fourth-order valence-electron chi connectivity index (χ4n) is 9.11. The van der Waals surface area contributed by atoms with Crippen molar-refractivity contribution in [2.45, 2.75) is 327 Å². The highest BCUT2D eigenvalue weighted by atomic mass is 28.2. The van der Waals surface area contributed by atoms with E-state index < -0.39 is 5.97 Å². The molecule has 0 aromatic carbocycles. The molecule has 58 heavy (non-hydrogen) atoms. The van der Waals surface area contributed by atoms with Crippen molar-refractivity contribution in [3.05, 3.63) is 0 Å². The first-order valence-electron chi connectivity index (χ1n) is 27.7. The molecule has 0 radical (unpaired) electrons. The third kappa shape index (κ3) is 55.6. The minimum Gasteiger partial charge on any atom is -0.481 e. The molecule has 0 aliphatic rings. The van der Waals surface area contributed by atoms with Crippen molar-refractivity contribution >= 4 is 15.5 Å². The SMILES string of the molecule is C[SiH2]CCCCCCCCCCCCCCCCCCCCCCCCCCCCCCCCCCCCCCCCCNCCCCCCCCCCCC(=O)O. The van der Waals surface area contributed by atoms with Crippen LogP contribution >= 0.6 is 0 Å². The molecular weight excluding hydrogens is 723 g/mol. The van der Waals surface area contributed by atoms with Crippen molar-refractivity contribution in [2.75, 3.05) is 13.1 Å². The van der Waals surface area contributed by atoms with E-state index in [9.17, 15) is 4.79 Å².